The first-order valence-corrected chi connectivity index (χ1v) is 6.70. The molecule has 2 aromatic rings. The van der Waals surface area contributed by atoms with Gasteiger partial charge in [-0.3, -0.25) is 0 Å². The molecule has 0 saturated heterocycles. The van der Waals surface area contributed by atoms with Gasteiger partial charge in [0.15, 0.2) is 0 Å². The van der Waals surface area contributed by atoms with Crippen LogP contribution in [0, 0.1) is 6.92 Å². The Morgan fingerprint density at radius 3 is 2.25 bits per heavy atom. The zero-order chi connectivity index (χ0) is 14.8. The zero-order valence-corrected chi connectivity index (χ0v) is 12.7. The third-order valence-electron chi connectivity index (χ3n) is 3.00. The molecule has 0 amide bonds. The first kappa shape index (κ1) is 14.3. The molecule has 1 aromatic carbocycles. The summed E-state index contributed by atoms with van der Waals surface area (Å²) in [6.45, 7) is 8.49. The maximum absolute atomic E-state index is 5.78. The van der Waals surface area contributed by atoms with Gasteiger partial charge in [-0.2, -0.15) is 4.98 Å². The summed E-state index contributed by atoms with van der Waals surface area (Å²) in [6.07, 6.45) is 0. The predicted molar refractivity (Wildman–Crippen MR) is 81.5 cm³/mol. The molecular weight excluding hydrogens is 250 g/mol. The number of anilines is 1. The van der Waals surface area contributed by atoms with Crippen molar-refractivity contribution in [1.82, 2.24) is 9.97 Å². The van der Waals surface area contributed by atoms with Crippen molar-refractivity contribution in [2.75, 3.05) is 12.4 Å². The average Bonchev–Trinajstić information content (AvgIpc) is 2.37. The predicted octanol–water partition coefficient (Wildman–Crippen LogP) is 3.92. The number of nitrogens with zero attached hydrogens (tertiary/aromatic N) is 2. The van der Waals surface area contributed by atoms with Crippen LogP contribution in [0.25, 0.3) is 0 Å². The van der Waals surface area contributed by atoms with E-state index in [0.717, 1.165) is 11.4 Å². The molecule has 4 nitrogen and oxygen atoms in total. The number of nitrogens with one attached hydrogen (secondary N) is 1. The van der Waals surface area contributed by atoms with Gasteiger partial charge < -0.3 is 10.1 Å². The zero-order valence-electron chi connectivity index (χ0n) is 12.7. The molecule has 1 N–H and O–H groups in total. The van der Waals surface area contributed by atoms with Crippen molar-refractivity contribution in [3.05, 3.63) is 41.6 Å². The molecule has 0 radical (unpaired) electrons. The van der Waals surface area contributed by atoms with Crippen LogP contribution in [0.2, 0.25) is 0 Å². The minimum Gasteiger partial charge on any atom is -0.439 e. The highest BCUT2D eigenvalue weighted by molar-refractivity contribution is 5.35. The summed E-state index contributed by atoms with van der Waals surface area (Å²) in [5.41, 5.74) is 2.29. The lowest BCUT2D eigenvalue weighted by Crippen LogP contribution is -2.10. The fraction of sp³-hybridized carbons (Fsp3) is 0.375. The molecule has 0 aliphatic rings. The molecule has 1 heterocycles. The van der Waals surface area contributed by atoms with Crippen molar-refractivity contribution in [3.63, 3.8) is 0 Å². The molecule has 0 fully saturated rings. The number of hydrogen-bond acceptors (Lipinski definition) is 4. The number of aromatic nitrogens is 2. The fourth-order valence-electron chi connectivity index (χ4n) is 1.85. The van der Waals surface area contributed by atoms with Crippen LogP contribution in [0.5, 0.6) is 11.6 Å². The van der Waals surface area contributed by atoms with Crippen LogP contribution in [0.1, 0.15) is 32.0 Å². The second-order valence-electron chi connectivity index (χ2n) is 5.80. The van der Waals surface area contributed by atoms with Gasteiger partial charge in [0, 0.05) is 18.8 Å². The second kappa shape index (κ2) is 5.49. The van der Waals surface area contributed by atoms with Crippen LogP contribution in [0.15, 0.2) is 30.3 Å². The molecule has 0 aliphatic heterocycles. The molecule has 0 aliphatic carbocycles. The molecule has 106 valence electrons. The van der Waals surface area contributed by atoms with E-state index in [1.807, 2.05) is 25.1 Å². The Morgan fingerprint density at radius 1 is 1.05 bits per heavy atom. The van der Waals surface area contributed by atoms with E-state index >= 15 is 0 Å². The van der Waals surface area contributed by atoms with Crippen molar-refractivity contribution in [2.45, 2.75) is 33.1 Å². The Balaban J connectivity index is 2.20. The van der Waals surface area contributed by atoms with Crippen LogP contribution in [-0.4, -0.2) is 17.0 Å². The molecule has 0 saturated carbocycles. The number of ether oxygens (including phenoxy) is 1. The van der Waals surface area contributed by atoms with Gasteiger partial charge in [0.1, 0.15) is 5.75 Å². The Morgan fingerprint density at radius 2 is 1.70 bits per heavy atom. The van der Waals surface area contributed by atoms with Crippen LogP contribution >= 0.6 is 0 Å². The second-order valence-corrected chi connectivity index (χ2v) is 5.80. The minimum absolute atomic E-state index is 0.142. The Kier molecular flexibility index (Phi) is 3.93. The largest absolute Gasteiger partial charge is 0.439 e. The molecule has 1 aromatic heterocycles. The monoisotopic (exact) mass is 271 g/mol. The van der Waals surface area contributed by atoms with E-state index in [2.05, 4.69) is 48.2 Å². The quantitative estimate of drug-likeness (QED) is 0.919. The summed E-state index contributed by atoms with van der Waals surface area (Å²) in [5, 5.41) is 2.92. The lowest BCUT2D eigenvalue weighted by atomic mass is 9.87. The van der Waals surface area contributed by atoms with Gasteiger partial charge in [-0.1, -0.05) is 32.9 Å². The summed E-state index contributed by atoms with van der Waals surface area (Å²) in [5.74, 6) is 1.88. The number of hydrogen-bond donors (Lipinski definition) is 1. The van der Waals surface area contributed by atoms with E-state index in [1.165, 1.54) is 5.56 Å². The normalized spacial score (nSPS) is 11.2. The summed E-state index contributed by atoms with van der Waals surface area (Å²) in [6, 6.07) is 9.93. The molecule has 0 atom stereocenters. The lowest BCUT2D eigenvalue weighted by Gasteiger charge is -2.19. The van der Waals surface area contributed by atoms with Gasteiger partial charge in [0.25, 0.3) is 0 Å². The van der Waals surface area contributed by atoms with Crippen molar-refractivity contribution in [2.24, 2.45) is 0 Å². The standard InChI is InChI=1S/C16H21N3O/c1-11-10-14(19-15(17-5)18-11)20-13-8-6-12(7-9-13)16(2,3)4/h6-10H,1-5H3,(H,17,18,19). The van der Waals surface area contributed by atoms with E-state index in [0.29, 0.717) is 11.8 Å². The van der Waals surface area contributed by atoms with Crippen LogP contribution in [0.3, 0.4) is 0 Å². The highest BCUT2D eigenvalue weighted by Crippen LogP contribution is 2.26. The summed E-state index contributed by atoms with van der Waals surface area (Å²) >= 11 is 0. The van der Waals surface area contributed by atoms with Gasteiger partial charge in [-0.05, 0) is 30.0 Å². The third kappa shape index (κ3) is 3.47. The third-order valence-corrected chi connectivity index (χ3v) is 3.00. The van der Waals surface area contributed by atoms with Gasteiger partial charge in [-0.25, -0.2) is 4.98 Å². The van der Waals surface area contributed by atoms with Crippen LogP contribution in [-0.2, 0) is 5.41 Å². The Labute approximate surface area is 120 Å². The first-order chi connectivity index (χ1) is 9.38. The van der Waals surface area contributed by atoms with Gasteiger partial charge >= 0.3 is 0 Å². The van der Waals surface area contributed by atoms with Crippen LogP contribution in [0.4, 0.5) is 5.95 Å². The maximum Gasteiger partial charge on any atom is 0.225 e. The highest BCUT2D eigenvalue weighted by Gasteiger charge is 2.13. The Hall–Kier alpha value is -2.10. The molecule has 0 bridgehead atoms. The maximum atomic E-state index is 5.78. The van der Waals surface area contributed by atoms with E-state index in [-0.39, 0.29) is 5.41 Å². The van der Waals surface area contributed by atoms with Crippen molar-refractivity contribution >= 4 is 5.95 Å². The van der Waals surface area contributed by atoms with Gasteiger partial charge in [0.2, 0.25) is 11.8 Å². The Bertz CT molecular complexity index is 586. The molecule has 4 heteroatoms. The van der Waals surface area contributed by atoms with Crippen molar-refractivity contribution in [3.8, 4) is 11.6 Å². The molecule has 0 unspecified atom stereocenters. The minimum atomic E-state index is 0.142. The number of rotatable bonds is 3. The average molecular weight is 271 g/mol. The SMILES string of the molecule is CNc1nc(C)cc(Oc2ccc(C(C)(C)C)cc2)n1. The summed E-state index contributed by atoms with van der Waals surface area (Å²) in [7, 11) is 1.79. The summed E-state index contributed by atoms with van der Waals surface area (Å²) < 4.78 is 5.78. The van der Waals surface area contributed by atoms with Crippen molar-refractivity contribution in [1.29, 1.82) is 0 Å². The number of aryl methyl sites for hydroxylation is 1. The lowest BCUT2D eigenvalue weighted by molar-refractivity contribution is 0.461. The van der Waals surface area contributed by atoms with Gasteiger partial charge in [-0.15, -0.1) is 0 Å². The fourth-order valence-corrected chi connectivity index (χ4v) is 1.85. The van der Waals surface area contributed by atoms with E-state index in [1.54, 1.807) is 7.05 Å². The first-order valence-electron chi connectivity index (χ1n) is 6.70. The smallest absolute Gasteiger partial charge is 0.225 e. The van der Waals surface area contributed by atoms with E-state index < -0.39 is 0 Å². The summed E-state index contributed by atoms with van der Waals surface area (Å²) in [4.78, 5) is 8.51. The number of benzene rings is 1. The molecule has 2 rings (SSSR count). The highest BCUT2D eigenvalue weighted by atomic mass is 16.5. The van der Waals surface area contributed by atoms with E-state index in [4.69, 9.17) is 4.74 Å². The molecular formula is C16H21N3O. The van der Waals surface area contributed by atoms with E-state index in [9.17, 15) is 0 Å². The van der Waals surface area contributed by atoms with Gasteiger partial charge in [0.05, 0.1) is 0 Å². The van der Waals surface area contributed by atoms with Crippen LogP contribution < -0.4 is 10.1 Å². The van der Waals surface area contributed by atoms with Crippen molar-refractivity contribution < 1.29 is 4.74 Å². The molecule has 20 heavy (non-hydrogen) atoms. The molecule has 0 spiro atoms. The topological polar surface area (TPSA) is 47.0 Å².